The molecule has 0 saturated heterocycles. The Morgan fingerprint density at radius 2 is 1.48 bits per heavy atom. The molecular formula is C16H22O5. The fourth-order valence-corrected chi connectivity index (χ4v) is 2.14. The minimum atomic E-state index is -1.34. The second-order valence-electron chi connectivity index (χ2n) is 4.72. The first-order valence-electron chi connectivity index (χ1n) is 7.12. The molecule has 0 amide bonds. The molecule has 0 saturated carbocycles. The smallest absolute Gasteiger partial charge is 0.323 e. The number of ether oxygens (including phenoxy) is 2. The third-order valence-electron chi connectivity index (χ3n) is 3.38. The van der Waals surface area contributed by atoms with E-state index in [1.807, 2.05) is 0 Å². The van der Waals surface area contributed by atoms with Crippen LogP contribution in [-0.2, 0) is 25.5 Å². The van der Waals surface area contributed by atoms with Gasteiger partial charge in [0.05, 0.1) is 13.2 Å². The standard InChI is InChI=1S/C16H22O5/c1-4-16(14(18)20-5-2,15(19)21-6-3)11-12-7-9-13(17)10-8-12/h7-10,17H,4-6,11H2,1-3H3. The predicted molar refractivity (Wildman–Crippen MR) is 77.8 cm³/mol. The van der Waals surface area contributed by atoms with Crippen molar-refractivity contribution in [3.63, 3.8) is 0 Å². The van der Waals surface area contributed by atoms with Gasteiger partial charge < -0.3 is 14.6 Å². The van der Waals surface area contributed by atoms with E-state index in [9.17, 15) is 14.7 Å². The van der Waals surface area contributed by atoms with Crippen molar-refractivity contribution in [2.45, 2.75) is 33.6 Å². The molecule has 1 rings (SSSR count). The van der Waals surface area contributed by atoms with Crippen molar-refractivity contribution in [2.75, 3.05) is 13.2 Å². The first-order chi connectivity index (χ1) is 10.00. The summed E-state index contributed by atoms with van der Waals surface area (Å²) in [7, 11) is 0. The van der Waals surface area contributed by atoms with Crippen molar-refractivity contribution in [1.29, 1.82) is 0 Å². The Bertz CT molecular complexity index is 460. The number of rotatable bonds is 7. The quantitative estimate of drug-likeness (QED) is 0.617. The molecule has 1 N–H and O–H groups in total. The number of phenolic OH excluding ortho intramolecular Hbond substituents is 1. The van der Waals surface area contributed by atoms with E-state index < -0.39 is 17.4 Å². The number of carbonyl (C=O) groups excluding carboxylic acids is 2. The van der Waals surface area contributed by atoms with Gasteiger partial charge in [-0.3, -0.25) is 9.59 Å². The van der Waals surface area contributed by atoms with Crippen LogP contribution in [0.4, 0.5) is 0 Å². The maximum atomic E-state index is 12.3. The first kappa shape index (κ1) is 17.0. The van der Waals surface area contributed by atoms with Crippen LogP contribution >= 0.6 is 0 Å². The summed E-state index contributed by atoms with van der Waals surface area (Å²) in [6.45, 7) is 5.56. The van der Waals surface area contributed by atoms with Crippen molar-refractivity contribution in [1.82, 2.24) is 0 Å². The van der Waals surface area contributed by atoms with Crippen molar-refractivity contribution in [3.05, 3.63) is 29.8 Å². The highest BCUT2D eigenvalue weighted by Gasteiger charge is 2.47. The topological polar surface area (TPSA) is 72.8 Å². The Hall–Kier alpha value is -2.04. The third kappa shape index (κ3) is 3.97. The summed E-state index contributed by atoms with van der Waals surface area (Å²) < 4.78 is 10.1. The Labute approximate surface area is 124 Å². The van der Waals surface area contributed by atoms with Gasteiger partial charge in [-0.05, 0) is 44.4 Å². The van der Waals surface area contributed by atoms with Gasteiger partial charge in [-0.1, -0.05) is 19.1 Å². The van der Waals surface area contributed by atoms with Crippen LogP contribution in [0.5, 0.6) is 5.75 Å². The maximum Gasteiger partial charge on any atom is 0.323 e. The summed E-state index contributed by atoms with van der Waals surface area (Å²) in [5.74, 6) is -1.01. The van der Waals surface area contributed by atoms with Crippen molar-refractivity contribution >= 4 is 11.9 Å². The van der Waals surface area contributed by atoms with E-state index in [1.165, 1.54) is 12.1 Å². The molecular weight excluding hydrogens is 272 g/mol. The second-order valence-corrected chi connectivity index (χ2v) is 4.72. The number of hydrogen-bond acceptors (Lipinski definition) is 5. The SMILES string of the molecule is CCOC(=O)C(CC)(Cc1ccc(O)cc1)C(=O)OCC. The molecule has 0 unspecified atom stereocenters. The molecule has 5 heteroatoms. The molecule has 21 heavy (non-hydrogen) atoms. The number of aromatic hydroxyl groups is 1. The zero-order valence-electron chi connectivity index (χ0n) is 12.7. The van der Waals surface area contributed by atoms with Crippen LogP contribution in [0.15, 0.2) is 24.3 Å². The minimum absolute atomic E-state index is 0.133. The molecule has 0 aliphatic rings. The van der Waals surface area contributed by atoms with E-state index in [4.69, 9.17) is 9.47 Å². The highest BCUT2D eigenvalue weighted by atomic mass is 16.6. The number of benzene rings is 1. The van der Waals surface area contributed by atoms with Gasteiger partial charge >= 0.3 is 11.9 Å². The van der Waals surface area contributed by atoms with Gasteiger partial charge in [0.1, 0.15) is 5.75 Å². The fraction of sp³-hybridized carbons (Fsp3) is 0.500. The van der Waals surface area contributed by atoms with E-state index in [1.54, 1.807) is 32.9 Å². The molecule has 0 atom stereocenters. The largest absolute Gasteiger partial charge is 0.508 e. The third-order valence-corrected chi connectivity index (χ3v) is 3.38. The van der Waals surface area contributed by atoms with Crippen LogP contribution < -0.4 is 0 Å². The summed E-state index contributed by atoms with van der Waals surface area (Å²) >= 11 is 0. The number of hydrogen-bond donors (Lipinski definition) is 1. The van der Waals surface area contributed by atoms with Crippen LogP contribution in [0, 0.1) is 5.41 Å². The minimum Gasteiger partial charge on any atom is -0.508 e. The highest BCUT2D eigenvalue weighted by Crippen LogP contribution is 2.31. The van der Waals surface area contributed by atoms with E-state index in [2.05, 4.69) is 0 Å². The number of phenols is 1. The van der Waals surface area contributed by atoms with Crippen LogP contribution in [0.1, 0.15) is 32.8 Å². The molecule has 1 aromatic carbocycles. The van der Waals surface area contributed by atoms with Gasteiger partial charge in [0.15, 0.2) is 5.41 Å². The van der Waals surface area contributed by atoms with E-state index in [0.29, 0.717) is 0 Å². The molecule has 0 spiro atoms. The molecule has 0 aromatic heterocycles. The summed E-state index contributed by atoms with van der Waals surface area (Å²) in [5.41, 5.74) is -0.584. The average Bonchev–Trinajstić information content (AvgIpc) is 2.47. The van der Waals surface area contributed by atoms with Crippen molar-refractivity contribution in [3.8, 4) is 5.75 Å². The van der Waals surface area contributed by atoms with E-state index in [-0.39, 0.29) is 31.8 Å². The van der Waals surface area contributed by atoms with Gasteiger partial charge in [-0.25, -0.2) is 0 Å². The van der Waals surface area contributed by atoms with Gasteiger partial charge in [-0.2, -0.15) is 0 Å². The normalized spacial score (nSPS) is 11.0. The summed E-state index contributed by atoms with van der Waals surface area (Å²) in [5, 5.41) is 9.32. The summed E-state index contributed by atoms with van der Waals surface area (Å²) in [4.78, 5) is 24.6. The second kappa shape index (κ2) is 7.67. The Morgan fingerprint density at radius 1 is 1.00 bits per heavy atom. The lowest BCUT2D eigenvalue weighted by Gasteiger charge is -2.28. The first-order valence-corrected chi connectivity index (χ1v) is 7.12. The van der Waals surface area contributed by atoms with Crippen LogP contribution in [0.3, 0.4) is 0 Å². The predicted octanol–water partition coefficient (Wildman–Crippen LogP) is 2.46. The molecule has 0 bridgehead atoms. The Balaban J connectivity index is 3.12. The molecule has 1 aromatic rings. The van der Waals surface area contributed by atoms with E-state index in [0.717, 1.165) is 5.56 Å². The lowest BCUT2D eigenvalue weighted by atomic mass is 9.79. The van der Waals surface area contributed by atoms with Crippen molar-refractivity contribution in [2.24, 2.45) is 5.41 Å². The van der Waals surface area contributed by atoms with Crippen LogP contribution in [0.25, 0.3) is 0 Å². The zero-order valence-corrected chi connectivity index (χ0v) is 12.7. The lowest BCUT2D eigenvalue weighted by molar-refractivity contribution is -0.172. The number of carbonyl (C=O) groups is 2. The van der Waals surface area contributed by atoms with Gasteiger partial charge in [0, 0.05) is 0 Å². The average molecular weight is 294 g/mol. The lowest BCUT2D eigenvalue weighted by Crippen LogP contribution is -2.43. The van der Waals surface area contributed by atoms with Gasteiger partial charge in [-0.15, -0.1) is 0 Å². The molecule has 0 aliphatic carbocycles. The summed E-state index contributed by atoms with van der Waals surface area (Å²) in [6, 6.07) is 6.40. The fourth-order valence-electron chi connectivity index (χ4n) is 2.14. The molecule has 0 aliphatic heterocycles. The maximum absolute atomic E-state index is 12.3. The molecule has 5 nitrogen and oxygen atoms in total. The van der Waals surface area contributed by atoms with Crippen LogP contribution in [-0.4, -0.2) is 30.3 Å². The van der Waals surface area contributed by atoms with Gasteiger partial charge in [0.2, 0.25) is 0 Å². The molecule has 0 fully saturated rings. The highest BCUT2D eigenvalue weighted by molar-refractivity contribution is 6.00. The van der Waals surface area contributed by atoms with Crippen LogP contribution in [0.2, 0.25) is 0 Å². The zero-order chi connectivity index (χ0) is 15.9. The number of esters is 2. The van der Waals surface area contributed by atoms with Gasteiger partial charge in [0.25, 0.3) is 0 Å². The summed E-state index contributed by atoms with van der Waals surface area (Å²) in [6.07, 6.45) is 0.465. The van der Waals surface area contributed by atoms with Crippen molar-refractivity contribution < 1.29 is 24.2 Å². The molecule has 116 valence electrons. The Kier molecular flexibility index (Phi) is 6.21. The molecule has 0 radical (unpaired) electrons. The Morgan fingerprint density at radius 3 is 1.86 bits per heavy atom. The van der Waals surface area contributed by atoms with E-state index >= 15 is 0 Å². The monoisotopic (exact) mass is 294 g/mol. The molecule has 0 heterocycles.